The van der Waals surface area contributed by atoms with Crippen molar-refractivity contribution in [3.63, 3.8) is 0 Å². The predicted molar refractivity (Wildman–Crippen MR) is 54.1 cm³/mol. The minimum atomic E-state index is -3.65. The molecule has 0 saturated carbocycles. The van der Waals surface area contributed by atoms with Crippen LogP contribution in [0.1, 0.15) is 0 Å². The Balaban J connectivity index is 2.18. The molecule has 5 nitrogen and oxygen atoms in total. The highest BCUT2D eigenvalue weighted by Gasteiger charge is 2.23. The summed E-state index contributed by atoms with van der Waals surface area (Å²) in [5.41, 5.74) is 0.480. The predicted octanol–water partition coefficient (Wildman–Crippen LogP) is 1.23. The first kappa shape index (κ1) is 10.0. The van der Waals surface area contributed by atoms with Gasteiger partial charge in [0, 0.05) is 11.8 Å². The van der Waals surface area contributed by atoms with Crippen LogP contribution in [0.5, 0.6) is 0 Å². The molecule has 6 heteroatoms. The Morgan fingerprint density at radius 1 is 1.20 bits per heavy atom. The number of rotatable bonds is 3. The lowest BCUT2D eigenvalue weighted by Crippen LogP contribution is -2.14. The van der Waals surface area contributed by atoms with Crippen LogP contribution >= 0.6 is 0 Å². The molecule has 0 fully saturated rings. The van der Waals surface area contributed by atoms with Crippen LogP contribution in [0, 0.1) is 0 Å². The van der Waals surface area contributed by atoms with E-state index < -0.39 is 10.0 Å². The van der Waals surface area contributed by atoms with Gasteiger partial charge in [0.25, 0.3) is 15.1 Å². The van der Waals surface area contributed by atoms with Gasteiger partial charge in [0.2, 0.25) is 0 Å². The van der Waals surface area contributed by atoms with Crippen molar-refractivity contribution >= 4 is 15.7 Å². The Morgan fingerprint density at radius 2 is 1.93 bits per heavy atom. The van der Waals surface area contributed by atoms with E-state index >= 15 is 0 Å². The van der Waals surface area contributed by atoms with Gasteiger partial charge in [-0.1, -0.05) is 18.2 Å². The lowest BCUT2D eigenvalue weighted by Gasteiger charge is -2.06. The number of hydrogen-bond acceptors (Lipinski definition) is 4. The van der Waals surface area contributed by atoms with Crippen molar-refractivity contribution < 1.29 is 18.2 Å². The first-order chi connectivity index (χ1) is 7.18. The van der Waals surface area contributed by atoms with Crippen molar-refractivity contribution in [2.75, 3.05) is 11.3 Å². The number of nitrogens with one attached hydrogen (secondary N) is 1. The smallest absolute Gasteiger partial charge is 0.298 e. The van der Waals surface area contributed by atoms with Gasteiger partial charge in [0.05, 0.1) is 0 Å². The van der Waals surface area contributed by atoms with Gasteiger partial charge in [-0.05, 0) is 12.1 Å². The lowest BCUT2D eigenvalue weighted by molar-refractivity contribution is -0.226. The highest BCUT2D eigenvalue weighted by Crippen LogP contribution is 2.17. The summed E-state index contributed by atoms with van der Waals surface area (Å²) in [4.78, 5) is 8.97. The third-order valence-corrected chi connectivity index (χ3v) is 3.02. The highest BCUT2D eigenvalue weighted by atomic mass is 32.2. The summed E-state index contributed by atoms with van der Waals surface area (Å²) in [6.45, 7) is 0.144. The van der Waals surface area contributed by atoms with E-state index in [1.54, 1.807) is 30.3 Å². The molecule has 0 aromatic heterocycles. The van der Waals surface area contributed by atoms with Crippen LogP contribution in [0.2, 0.25) is 0 Å². The summed E-state index contributed by atoms with van der Waals surface area (Å²) < 4.78 is 25.6. The Hall–Kier alpha value is -1.53. The first-order valence-corrected chi connectivity index (χ1v) is 5.74. The van der Waals surface area contributed by atoms with Crippen molar-refractivity contribution in [3.8, 4) is 0 Å². The molecule has 2 rings (SSSR count). The summed E-state index contributed by atoms with van der Waals surface area (Å²) in [6.07, 6.45) is 1.35. The summed E-state index contributed by atoms with van der Waals surface area (Å²) >= 11 is 0. The fourth-order valence-electron chi connectivity index (χ4n) is 1.09. The average molecular weight is 227 g/mol. The maximum Gasteiger partial charge on any atom is 0.298 e. The third kappa shape index (κ3) is 2.28. The summed E-state index contributed by atoms with van der Waals surface area (Å²) in [6, 6.07) is 8.56. The van der Waals surface area contributed by atoms with Gasteiger partial charge >= 0.3 is 0 Å². The Morgan fingerprint density at radius 3 is 2.53 bits per heavy atom. The maximum absolute atomic E-state index is 11.6. The molecule has 1 aromatic carbocycles. The molecule has 0 atom stereocenters. The van der Waals surface area contributed by atoms with Crippen LogP contribution in [-0.4, -0.2) is 15.0 Å². The number of sulfonamides is 1. The Bertz CT molecular complexity index is 466. The molecule has 0 spiro atoms. The molecule has 0 bridgehead atoms. The normalized spacial score (nSPS) is 15.6. The van der Waals surface area contributed by atoms with Crippen molar-refractivity contribution in [1.29, 1.82) is 0 Å². The van der Waals surface area contributed by atoms with E-state index in [-0.39, 0.29) is 11.7 Å². The monoisotopic (exact) mass is 227 g/mol. The lowest BCUT2D eigenvalue weighted by atomic mass is 10.3. The summed E-state index contributed by atoms with van der Waals surface area (Å²) in [7, 11) is -3.65. The van der Waals surface area contributed by atoms with E-state index in [9.17, 15) is 8.42 Å². The fourth-order valence-corrected chi connectivity index (χ4v) is 2.07. The van der Waals surface area contributed by atoms with Crippen molar-refractivity contribution in [1.82, 2.24) is 0 Å². The van der Waals surface area contributed by atoms with E-state index in [1.165, 1.54) is 6.08 Å². The van der Waals surface area contributed by atoms with Crippen LogP contribution in [0.3, 0.4) is 0 Å². The molecule has 0 radical (unpaired) electrons. The second-order valence-corrected chi connectivity index (χ2v) is 4.48. The SMILES string of the molecule is O=S(=O)(Nc1ccccc1)C1=CCOO1. The summed E-state index contributed by atoms with van der Waals surface area (Å²) in [5.74, 6) is 0. The average Bonchev–Trinajstić information content (AvgIpc) is 2.71. The third-order valence-electron chi connectivity index (χ3n) is 1.75. The molecule has 15 heavy (non-hydrogen) atoms. The van der Waals surface area contributed by atoms with Gasteiger partial charge in [-0.2, -0.15) is 13.3 Å². The van der Waals surface area contributed by atoms with Crippen molar-refractivity contribution in [2.45, 2.75) is 0 Å². The molecule has 0 aliphatic carbocycles. The van der Waals surface area contributed by atoms with Crippen LogP contribution in [0.15, 0.2) is 41.5 Å². The quantitative estimate of drug-likeness (QED) is 0.789. The molecule has 0 saturated heterocycles. The Labute approximate surface area is 87.3 Å². The number of benzene rings is 1. The first-order valence-electron chi connectivity index (χ1n) is 4.26. The van der Waals surface area contributed by atoms with Crippen LogP contribution in [0.4, 0.5) is 5.69 Å². The molecule has 0 amide bonds. The number of anilines is 1. The van der Waals surface area contributed by atoms with Gasteiger partial charge in [0.1, 0.15) is 6.61 Å². The maximum atomic E-state index is 11.6. The van der Waals surface area contributed by atoms with Crippen LogP contribution in [-0.2, 0) is 19.8 Å². The molecular formula is C9H9NO4S. The van der Waals surface area contributed by atoms with E-state index in [0.29, 0.717) is 5.69 Å². The van der Waals surface area contributed by atoms with Gasteiger partial charge in [0.15, 0.2) is 0 Å². The summed E-state index contributed by atoms with van der Waals surface area (Å²) in [5, 5.41) is -0.202. The van der Waals surface area contributed by atoms with E-state index in [2.05, 4.69) is 14.5 Å². The van der Waals surface area contributed by atoms with Gasteiger partial charge < -0.3 is 4.89 Å². The second-order valence-electron chi connectivity index (χ2n) is 2.86. The number of para-hydroxylation sites is 1. The van der Waals surface area contributed by atoms with Gasteiger partial charge in [-0.15, -0.1) is 0 Å². The topological polar surface area (TPSA) is 64.6 Å². The zero-order valence-corrected chi connectivity index (χ0v) is 8.53. The second kappa shape index (κ2) is 3.92. The van der Waals surface area contributed by atoms with Crippen molar-refractivity contribution in [3.05, 3.63) is 41.5 Å². The molecule has 1 heterocycles. The molecule has 80 valence electrons. The Kier molecular flexibility index (Phi) is 2.61. The standard InChI is InChI=1S/C9H9NO4S/c11-15(12,9-6-7-13-14-9)10-8-4-2-1-3-5-8/h1-6,10H,7H2. The van der Waals surface area contributed by atoms with Crippen LogP contribution in [0.25, 0.3) is 0 Å². The van der Waals surface area contributed by atoms with Gasteiger partial charge in [-0.25, -0.2) is 0 Å². The van der Waals surface area contributed by atoms with E-state index in [0.717, 1.165) is 0 Å². The molecule has 1 aliphatic rings. The fraction of sp³-hybridized carbons (Fsp3) is 0.111. The highest BCUT2D eigenvalue weighted by molar-refractivity contribution is 7.96. The minimum absolute atomic E-state index is 0.144. The molecule has 0 unspecified atom stereocenters. The van der Waals surface area contributed by atoms with Crippen LogP contribution < -0.4 is 4.72 Å². The largest absolute Gasteiger partial charge is 0.323 e. The van der Waals surface area contributed by atoms with Crippen molar-refractivity contribution in [2.24, 2.45) is 0 Å². The molecule has 1 N–H and O–H groups in total. The van der Waals surface area contributed by atoms with E-state index in [4.69, 9.17) is 0 Å². The molecular weight excluding hydrogens is 218 g/mol. The molecule has 1 aliphatic heterocycles. The zero-order valence-electron chi connectivity index (χ0n) is 7.71. The van der Waals surface area contributed by atoms with Gasteiger partial charge in [-0.3, -0.25) is 4.72 Å². The zero-order chi connectivity index (χ0) is 10.7. The number of hydrogen-bond donors (Lipinski definition) is 1. The molecule has 1 aromatic rings. The minimum Gasteiger partial charge on any atom is -0.323 e. The van der Waals surface area contributed by atoms with E-state index in [1.807, 2.05) is 0 Å².